The summed E-state index contributed by atoms with van der Waals surface area (Å²) in [6, 6.07) is 1.83. The molecule has 0 radical (unpaired) electrons. The second-order valence-electron chi connectivity index (χ2n) is 6.92. The highest BCUT2D eigenvalue weighted by atomic mass is 32.2. The van der Waals surface area contributed by atoms with Crippen molar-refractivity contribution < 1.29 is 8.42 Å². The molecule has 3 rings (SSSR count). The van der Waals surface area contributed by atoms with E-state index in [2.05, 4.69) is 29.6 Å². The molecule has 154 valence electrons. The number of unbranched alkanes of at least 4 members (excludes halogenated alkanes) is 1. The molecule has 28 heavy (non-hydrogen) atoms. The number of sulfonamides is 1. The Bertz CT molecular complexity index is 817. The molecule has 0 aromatic carbocycles. The third kappa shape index (κ3) is 5.73. The Labute approximate surface area is 166 Å². The largest absolute Gasteiger partial charge is 0.338 e. The minimum Gasteiger partial charge on any atom is -0.338 e. The van der Waals surface area contributed by atoms with Crippen LogP contribution in [0.25, 0.3) is 0 Å². The maximum absolute atomic E-state index is 12.1. The van der Waals surface area contributed by atoms with E-state index in [0.29, 0.717) is 6.54 Å². The summed E-state index contributed by atoms with van der Waals surface area (Å²) in [6.07, 6.45) is 9.37. The molecule has 2 aromatic rings. The number of hydrogen-bond acceptors (Lipinski definition) is 7. The lowest BCUT2D eigenvalue weighted by molar-refractivity contribution is 0.249. The third-order valence-electron chi connectivity index (χ3n) is 4.78. The standard InChI is InChI=1S/C18H29N7O2S/c1-2-6-22-28(26,27)17-15-21-25(16-17)10-4-3-9-23-11-13-24(14-12-23)18-19-7-5-8-20-18/h5,7-8,15-16,22H,2-4,6,9-14H2,1H3. The molecule has 10 heteroatoms. The molecular formula is C18H29N7O2S. The van der Waals surface area contributed by atoms with E-state index in [0.717, 1.165) is 64.5 Å². The van der Waals surface area contributed by atoms with Crippen molar-refractivity contribution in [3.63, 3.8) is 0 Å². The van der Waals surface area contributed by atoms with E-state index < -0.39 is 10.0 Å². The first-order chi connectivity index (χ1) is 13.6. The van der Waals surface area contributed by atoms with E-state index in [1.165, 1.54) is 6.20 Å². The van der Waals surface area contributed by atoms with Crippen LogP contribution >= 0.6 is 0 Å². The smallest absolute Gasteiger partial charge is 0.243 e. The molecule has 1 aliphatic heterocycles. The molecule has 0 saturated carbocycles. The van der Waals surface area contributed by atoms with Crippen LogP contribution in [0.15, 0.2) is 35.7 Å². The average molecular weight is 408 g/mol. The van der Waals surface area contributed by atoms with Crippen molar-refractivity contribution in [3.05, 3.63) is 30.9 Å². The molecule has 1 N–H and O–H groups in total. The number of hydrogen-bond donors (Lipinski definition) is 1. The van der Waals surface area contributed by atoms with E-state index in [4.69, 9.17) is 0 Å². The number of rotatable bonds is 10. The molecule has 0 atom stereocenters. The van der Waals surface area contributed by atoms with E-state index in [9.17, 15) is 8.42 Å². The summed E-state index contributed by atoms with van der Waals surface area (Å²) in [5.74, 6) is 0.806. The van der Waals surface area contributed by atoms with Crippen molar-refractivity contribution in [1.82, 2.24) is 29.4 Å². The van der Waals surface area contributed by atoms with Gasteiger partial charge in [-0.25, -0.2) is 23.1 Å². The minimum absolute atomic E-state index is 0.236. The third-order valence-corrected chi connectivity index (χ3v) is 6.20. The average Bonchev–Trinajstić information content (AvgIpc) is 3.21. The van der Waals surface area contributed by atoms with Crippen LogP contribution in [-0.4, -0.2) is 72.3 Å². The molecule has 0 aliphatic carbocycles. The molecule has 1 fully saturated rings. The Hall–Kier alpha value is -2.04. The zero-order chi connectivity index (χ0) is 19.8. The van der Waals surface area contributed by atoms with E-state index in [1.54, 1.807) is 23.3 Å². The Morgan fingerprint density at radius 2 is 1.79 bits per heavy atom. The highest BCUT2D eigenvalue weighted by Gasteiger charge is 2.18. The highest BCUT2D eigenvalue weighted by Crippen LogP contribution is 2.11. The van der Waals surface area contributed by atoms with Crippen LogP contribution in [0.5, 0.6) is 0 Å². The topological polar surface area (TPSA) is 96.2 Å². The van der Waals surface area contributed by atoms with Crippen LogP contribution in [-0.2, 0) is 16.6 Å². The van der Waals surface area contributed by atoms with Crippen molar-refractivity contribution in [2.24, 2.45) is 0 Å². The molecule has 0 amide bonds. The van der Waals surface area contributed by atoms with Gasteiger partial charge in [-0.2, -0.15) is 5.10 Å². The van der Waals surface area contributed by atoms with Gasteiger partial charge in [0.15, 0.2) is 0 Å². The fourth-order valence-electron chi connectivity index (χ4n) is 3.16. The predicted molar refractivity (Wildman–Crippen MR) is 108 cm³/mol. The molecule has 1 saturated heterocycles. The molecule has 0 bridgehead atoms. The van der Waals surface area contributed by atoms with Crippen molar-refractivity contribution in [1.29, 1.82) is 0 Å². The Kier molecular flexibility index (Phi) is 7.35. The molecule has 0 spiro atoms. The van der Waals surface area contributed by atoms with Crippen LogP contribution in [0.3, 0.4) is 0 Å². The fourth-order valence-corrected chi connectivity index (χ4v) is 4.25. The molecule has 0 unspecified atom stereocenters. The van der Waals surface area contributed by atoms with Crippen LogP contribution in [0.1, 0.15) is 26.2 Å². The van der Waals surface area contributed by atoms with Gasteiger partial charge >= 0.3 is 0 Å². The van der Waals surface area contributed by atoms with Gasteiger partial charge in [-0.1, -0.05) is 6.92 Å². The first-order valence-electron chi connectivity index (χ1n) is 9.85. The first-order valence-corrected chi connectivity index (χ1v) is 11.3. The van der Waals surface area contributed by atoms with Gasteiger partial charge in [0.25, 0.3) is 0 Å². The van der Waals surface area contributed by atoms with Gasteiger partial charge < -0.3 is 4.90 Å². The van der Waals surface area contributed by atoms with Gasteiger partial charge in [0.2, 0.25) is 16.0 Å². The van der Waals surface area contributed by atoms with Gasteiger partial charge in [-0.05, 0) is 31.9 Å². The summed E-state index contributed by atoms with van der Waals surface area (Å²) in [4.78, 5) is 13.5. The van der Waals surface area contributed by atoms with E-state index in [-0.39, 0.29) is 4.90 Å². The zero-order valence-corrected chi connectivity index (χ0v) is 17.2. The van der Waals surface area contributed by atoms with Crippen molar-refractivity contribution in [2.75, 3.05) is 44.2 Å². The van der Waals surface area contributed by atoms with Crippen LogP contribution in [0, 0.1) is 0 Å². The van der Waals surface area contributed by atoms with Crippen LogP contribution in [0.2, 0.25) is 0 Å². The number of anilines is 1. The predicted octanol–water partition coefficient (Wildman–Crippen LogP) is 0.964. The summed E-state index contributed by atoms with van der Waals surface area (Å²) in [7, 11) is -3.43. The van der Waals surface area contributed by atoms with Gasteiger partial charge in [0, 0.05) is 57.9 Å². The van der Waals surface area contributed by atoms with Gasteiger partial charge in [0.1, 0.15) is 4.90 Å². The normalized spacial score (nSPS) is 15.8. The van der Waals surface area contributed by atoms with E-state index >= 15 is 0 Å². The van der Waals surface area contributed by atoms with Crippen molar-refractivity contribution in [2.45, 2.75) is 37.6 Å². The zero-order valence-electron chi connectivity index (χ0n) is 16.4. The number of aromatic nitrogens is 4. The highest BCUT2D eigenvalue weighted by molar-refractivity contribution is 7.89. The Morgan fingerprint density at radius 3 is 2.50 bits per heavy atom. The first kappa shape index (κ1) is 20.7. The van der Waals surface area contributed by atoms with Gasteiger partial charge in [-0.3, -0.25) is 9.58 Å². The lowest BCUT2D eigenvalue weighted by atomic mass is 10.2. The Morgan fingerprint density at radius 1 is 1.07 bits per heavy atom. The summed E-state index contributed by atoms with van der Waals surface area (Å²) >= 11 is 0. The lowest BCUT2D eigenvalue weighted by Crippen LogP contribution is -2.47. The maximum Gasteiger partial charge on any atom is 0.243 e. The van der Waals surface area contributed by atoms with Crippen molar-refractivity contribution >= 4 is 16.0 Å². The Balaban J connectivity index is 1.36. The number of piperazine rings is 1. The molecule has 2 aromatic heterocycles. The summed E-state index contributed by atoms with van der Waals surface area (Å²) < 4.78 is 28.4. The molecule has 1 aliphatic rings. The summed E-state index contributed by atoms with van der Waals surface area (Å²) in [5.41, 5.74) is 0. The van der Waals surface area contributed by atoms with Crippen molar-refractivity contribution in [3.8, 4) is 0 Å². The summed E-state index contributed by atoms with van der Waals surface area (Å²) in [5, 5.41) is 4.18. The van der Waals surface area contributed by atoms with Crippen LogP contribution < -0.4 is 9.62 Å². The van der Waals surface area contributed by atoms with Gasteiger partial charge in [0.05, 0.1) is 6.20 Å². The van der Waals surface area contributed by atoms with Gasteiger partial charge in [-0.15, -0.1) is 0 Å². The second kappa shape index (κ2) is 9.94. The van der Waals surface area contributed by atoms with Crippen LogP contribution in [0.4, 0.5) is 5.95 Å². The minimum atomic E-state index is -3.43. The monoisotopic (exact) mass is 407 g/mol. The fraction of sp³-hybridized carbons (Fsp3) is 0.611. The number of nitrogens with zero attached hydrogens (tertiary/aromatic N) is 6. The maximum atomic E-state index is 12.1. The number of aryl methyl sites for hydroxylation is 1. The SMILES string of the molecule is CCCNS(=O)(=O)c1cnn(CCCCN2CCN(c3ncccn3)CC2)c1. The quantitative estimate of drug-likeness (QED) is 0.586. The molecule has 9 nitrogen and oxygen atoms in total. The lowest BCUT2D eigenvalue weighted by Gasteiger charge is -2.34. The number of nitrogens with one attached hydrogen (secondary N) is 1. The summed E-state index contributed by atoms with van der Waals surface area (Å²) in [6.45, 7) is 8.02. The second-order valence-corrected chi connectivity index (χ2v) is 8.69. The molecular weight excluding hydrogens is 378 g/mol. The van der Waals surface area contributed by atoms with E-state index in [1.807, 2.05) is 13.0 Å². The molecule has 3 heterocycles.